The van der Waals surface area contributed by atoms with Gasteiger partial charge < -0.3 is 25.0 Å². The second-order valence-corrected chi connectivity index (χ2v) is 8.55. The fourth-order valence-corrected chi connectivity index (χ4v) is 3.50. The van der Waals surface area contributed by atoms with E-state index in [9.17, 15) is 9.59 Å². The molecule has 2 heterocycles. The normalized spacial score (nSPS) is 27.2. The Morgan fingerprint density at radius 1 is 1.19 bits per heavy atom. The van der Waals surface area contributed by atoms with Gasteiger partial charge in [0.15, 0.2) is 0 Å². The molecule has 0 aliphatic carbocycles. The van der Waals surface area contributed by atoms with Gasteiger partial charge in [-0.2, -0.15) is 0 Å². The van der Waals surface area contributed by atoms with E-state index in [0.29, 0.717) is 19.5 Å². The SMILES string of the molecule is C[C@@H]1CCCN(CCNC(=O)[C@H]2CC[C@H](CNC(=O)OC(C)(C)C)O2)C1. The van der Waals surface area contributed by atoms with Crippen LogP contribution in [0.2, 0.25) is 0 Å². The summed E-state index contributed by atoms with van der Waals surface area (Å²) in [6.07, 6.45) is 2.99. The van der Waals surface area contributed by atoms with Crippen LogP contribution in [0.15, 0.2) is 0 Å². The summed E-state index contributed by atoms with van der Waals surface area (Å²) in [6.45, 7) is 11.9. The highest BCUT2D eigenvalue weighted by molar-refractivity contribution is 5.81. The molecule has 150 valence electrons. The lowest BCUT2D eigenvalue weighted by Gasteiger charge is -2.30. The minimum absolute atomic E-state index is 0.0465. The van der Waals surface area contributed by atoms with E-state index in [1.807, 2.05) is 20.8 Å². The molecule has 2 N–H and O–H groups in total. The van der Waals surface area contributed by atoms with Crippen LogP contribution < -0.4 is 10.6 Å². The van der Waals surface area contributed by atoms with E-state index in [0.717, 1.165) is 32.0 Å². The van der Waals surface area contributed by atoms with Crippen molar-refractivity contribution in [3.8, 4) is 0 Å². The maximum Gasteiger partial charge on any atom is 0.407 e. The molecule has 0 aromatic carbocycles. The minimum atomic E-state index is -0.519. The highest BCUT2D eigenvalue weighted by Crippen LogP contribution is 2.19. The van der Waals surface area contributed by atoms with Crippen molar-refractivity contribution in [1.82, 2.24) is 15.5 Å². The number of hydrogen-bond acceptors (Lipinski definition) is 5. The van der Waals surface area contributed by atoms with Crippen LogP contribution in [0.25, 0.3) is 0 Å². The maximum absolute atomic E-state index is 12.3. The Kier molecular flexibility index (Phi) is 7.70. The number of nitrogens with one attached hydrogen (secondary N) is 2. The Labute approximate surface area is 157 Å². The van der Waals surface area contributed by atoms with Crippen LogP contribution in [0.1, 0.15) is 53.4 Å². The van der Waals surface area contributed by atoms with E-state index < -0.39 is 17.8 Å². The van der Waals surface area contributed by atoms with Crippen molar-refractivity contribution in [2.75, 3.05) is 32.7 Å². The summed E-state index contributed by atoms with van der Waals surface area (Å²) in [6, 6.07) is 0. The molecule has 0 unspecified atom stereocenters. The van der Waals surface area contributed by atoms with Crippen molar-refractivity contribution in [3.05, 3.63) is 0 Å². The van der Waals surface area contributed by atoms with E-state index in [2.05, 4.69) is 22.5 Å². The highest BCUT2D eigenvalue weighted by atomic mass is 16.6. The van der Waals surface area contributed by atoms with Gasteiger partial charge in [-0.05, 0) is 58.9 Å². The number of rotatable bonds is 6. The fraction of sp³-hybridized carbons (Fsp3) is 0.895. The number of amides is 2. The van der Waals surface area contributed by atoms with Gasteiger partial charge in [0.1, 0.15) is 11.7 Å². The molecule has 2 fully saturated rings. The Morgan fingerprint density at radius 2 is 1.96 bits per heavy atom. The first-order valence-corrected chi connectivity index (χ1v) is 9.85. The van der Waals surface area contributed by atoms with Crippen LogP contribution in [0.5, 0.6) is 0 Å². The topological polar surface area (TPSA) is 79.9 Å². The molecule has 0 radical (unpaired) electrons. The van der Waals surface area contributed by atoms with Crippen molar-refractivity contribution in [3.63, 3.8) is 0 Å². The van der Waals surface area contributed by atoms with Crippen LogP contribution in [0.3, 0.4) is 0 Å². The number of alkyl carbamates (subject to hydrolysis) is 1. The molecular weight excluding hydrogens is 334 g/mol. The number of piperidine rings is 1. The molecule has 2 aliphatic rings. The Balaban J connectivity index is 1.60. The average molecular weight is 370 g/mol. The van der Waals surface area contributed by atoms with Gasteiger partial charge >= 0.3 is 6.09 Å². The lowest BCUT2D eigenvalue weighted by atomic mass is 10.0. The molecule has 7 nitrogen and oxygen atoms in total. The molecule has 0 aromatic heterocycles. The second kappa shape index (κ2) is 9.55. The van der Waals surface area contributed by atoms with Gasteiger partial charge in [-0.3, -0.25) is 4.79 Å². The van der Waals surface area contributed by atoms with Gasteiger partial charge in [0.05, 0.1) is 6.10 Å². The second-order valence-electron chi connectivity index (χ2n) is 8.55. The summed E-state index contributed by atoms with van der Waals surface area (Å²) in [5.41, 5.74) is -0.519. The van der Waals surface area contributed by atoms with Crippen molar-refractivity contribution >= 4 is 12.0 Å². The van der Waals surface area contributed by atoms with E-state index in [1.54, 1.807) is 0 Å². The smallest absolute Gasteiger partial charge is 0.407 e. The van der Waals surface area contributed by atoms with Gasteiger partial charge in [0.2, 0.25) is 5.91 Å². The minimum Gasteiger partial charge on any atom is -0.444 e. The van der Waals surface area contributed by atoms with Gasteiger partial charge in [0, 0.05) is 26.2 Å². The first-order valence-electron chi connectivity index (χ1n) is 9.85. The summed E-state index contributed by atoms with van der Waals surface area (Å²) in [5, 5.41) is 5.69. The highest BCUT2D eigenvalue weighted by Gasteiger charge is 2.31. The van der Waals surface area contributed by atoms with Crippen LogP contribution in [0, 0.1) is 5.92 Å². The van der Waals surface area contributed by atoms with E-state index in [-0.39, 0.29) is 12.0 Å². The van der Waals surface area contributed by atoms with Crippen molar-refractivity contribution in [2.45, 2.75) is 71.2 Å². The zero-order valence-electron chi connectivity index (χ0n) is 16.7. The average Bonchev–Trinajstić information content (AvgIpc) is 3.00. The van der Waals surface area contributed by atoms with Crippen molar-refractivity contribution < 1.29 is 19.1 Å². The lowest BCUT2D eigenvalue weighted by molar-refractivity contribution is -0.131. The number of carbonyl (C=O) groups is 2. The Morgan fingerprint density at radius 3 is 2.65 bits per heavy atom. The molecule has 0 spiro atoms. The molecule has 0 saturated carbocycles. The Bertz CT molecular complexity index is 478. The zero-order chi connectivity index (χ0) is 19.2. The molecule has 3 atom stereocenters. The molecule has 2 rings (SSSR count). The first-order chi connectivity index (χ1) is 12.2. The lowest BCUT2D eigenvalue weighted by Crippen LogP contribution is -2.43. The summed E-state index contributed by atoms with van der Waals surface area (Å²) < 4.78 is 11.0. The number of hydrogen-bond donors (Lipinski definition) is 2. The molecular formula is C19H35N3O4. The standard InChI is InChI=1S/C19H35N3O4/c1-14-6-5-10-22(13-14)11-9-20-17(23)16-8-7-15(25-16)12-21-18(24)26-19(2,3)4/h14-16H,5-13H2,1-4H3,(H,20,23)(H,21,24)/t14-,15-,16-/m1/s1. The monoisotopic (exact) mass is 369 g/mol. The van der Waals surface area contributed by atoms with Crippen LogP contribution in [0.4, 0.5) is 4.79 Å². The van der Waals surface area contributed by atoms with Crippen LogP contribution in [-0.2, 0) is 14.3 Å². The molecule has 2 saturated heterocycles. The maximum atomic E-state index is 12.3. The summed E-state index contributed by atoms with van der Waals surface area (Å²) in [5.74, 6) is 0.700. The largest absolute Gasteiger partial charge is 0.444 e. The fourth-order valence-electron chi connectivity index (χ4n) is 3.50. The predicted octanol–water partition coefficient (Wildman–Crippen LogP) is 1.91. The van der Waals surface area contributed by atoms with Crippen LogP contribution in [-0.4, -0.2) is 67.4 Å². The first kappa shape index (κ1) is 21.0. The number of carbonyl (C=O) groups excluding carboxylic acids is 2. The van der Waals surface area contributed by atoms with Gasteiger partial charge in [0.25, 0.3) is 0 Å². The third-order valence-electron chi connectivity index (χ3n) is 4.74. The predicted molar refractivity (Wildman–Crippen MR) is 100.0 cm³/mol. The molecule has 2 aliphatic heterocycles. The van der Waals surface area contributed by atoms with Crippen LogP contribution >= 0.6 is 0 Å². The van der Waals surface area contributed by atoms with Crippen molar-refractivity contribution in [2.24, 2.45) is 5.92 Å². The number of likely N-dealkylation sites (tertiary alicyclic amines) is 1. The van der Waals surface area contributed by atoms with E-state index >= 15 is 0 Å². The molecule has 7 heteroatoms. The Hall–Kier alpha value is -1.34. The van der Waals surface area contributed by atoms with Crippen molar-refractivity contribution in [1.29, 1.82) is 0 Å². The summed E-state index contributed by atoms with van der Waals surface area (Å²) in [4.78, 5) is 26.3. The summed E-state index contributed by atoms with van der Waals surface area (Å²) in [7, 11) is 0. The number of ether oxygens (including phenoxy) is 2. The van der Waals surface area contributed by atoms with Gasteiger partial charge in [-0.1, -0.05) is 6.92 Å². The number of nitrogens with zero attached hydrogens (tertiary/aromatic N) is 1. The quantitative estimate of drug-likeness (QED) is 0.748. The van der Waals surface area contributed by atoms with E-state index in [4.69, 9.17) is 9.47 Å². The third kappa shape index (κ3) is 7.50. The zero-order valence-corrected chi connectivity index (χ0v) is 16.7. The molecule has 2 amide bonds. The van der Waals surface area contributed by atoms with Gasteiger partial charge in [-0.25, -0.2) is 4.79 Å². The molecule has 0 bridgehead atoms. The molecule has 0 aromatic rings. The molecule has 26 heavy (non-hydrogen) atoms. The van der Waals surface area contributed by atoms with Gasteiger partial charge in [-0.15, -0.1) is 0 Å². The summed E-state index contributed by atoms with van der Waals surface area (Å²) >= 11 is 0. The van der Waals surface area contributed by atoms with E-state index in [1.165, 1.54) is 12.8 Å². The third-order valence-corrected chi connectivity index (χ3v) is 4.74.